The molecule has 0 N–H and O–H groups in total. The first-order valence-electron chi connectivity index (χ1n) is 5.05. The molecule has 0 saturated carbocycles. The summed E-state index contributed by atoms with van der Waals surface area (Å²) in [5.41, 5.74) is 0. The second-order valence-corrected chi connectivity index (χ2v) is 4.76. The Labute approximate surface area is 102 Å². The number of rotatable bonds is 6. The lowest BCUT2D eigenvalue weighted by Gasteiger charge is -2.14. The molecule has 17 heavy (non-hydrogen) atoms. The molecule has 0 unspecified atom stereocenters. The number of hydrogen-bond acceptors (Lipinski definition) is 4. The molecule has 1 aromatic heterocycles. The summed E-state index contributed by atoms with van der Waals surface area (Å²) in [6, 6.07) is 0. The van der Waals surface area contributed by atoms with Gasteiger partial charge in [0.2, 0.25) is 0 Å². The average Bonchev–Trinajstić information content (AvgIpc) is 2.65. The Bertz CT molecular complexity index is 342. The van der Waals surface area contributed by atoms with Gasteiger partial charge in [-0.2, -0.15) is 13.2 Å². The van der Waals surface area contributed by atoms with E-state index in [1.807, 2.05) is 0 Å². The molecule has 0 aliphatic carbocycles. The lowest BCUT2D eigenvalue weighted by molar-refractivity contribution is -0.125. The Balaban J connectivity index is 2.56. The Morgan fingerprint density at radius 3 is 2.82 bits per heavy atom. The van der Waals surface area contributed by atoms with Gasteiger partial charge in [0.1, 0.15) is 11.6 Å². The summed E-state index contributed by atoms with van der Waals surface area (Å²) < 4.78 is 43.6. The molecule has 0 radical (unpaired) electrons. The van der Waals surface area contributed by atoms with Gasteiger partial charge in [0.05, 0.1) is 0 Å². The van der Waals surface area contributed by atoms with Crippen LogP contribution in [0.1, 0.15) is 13.3 Å². The smallest absolute Gasteiger partial charge is 0.385 e. The minimum atomic E-state index is -4.23. The van der Waals surface area contributed by atoms with Crippen LogP contribution in [0.2, 0.25) is 0 Å². The third-order valence-corrected chi connectivity index (χ3v) is 3.22. The van der Waals surface area contributed by atoms with Crippen molar-refractivity contribution < 1.29 is 17.9 Å². The van der Waals surface area contributed by atoms with Crippen molar-refractivity contribution in [2.45, 2.75) is 36.5 Å². The quantitative estimate of drug-likeness (QED) is 0.587. The summed E-state index contributed by atoms with van der Waals surface area (Å²) in [5, 5.41) is 6.09. The van der Waals surface area contributed by atoms with Crippen LogP contribution in [-0.4, -0.2) is 39.9 Å². The highest BCUT2D eigenvalue weighted by molar-refractivity contribution is 7.99. The van der Waals surface area contributed by atoms with Gasteiger partial charge in [-0.05, 0) is 13.3 Å². The van der Waals surface area contributed by atoms with Crippen LogP contribution in [0.5, 0.6) is 0 Å². The third kappa shape index (κ3) is 4.55. The van der Waals surface area contributed by atoms with E-state index < -0.39 is 11.4 Å². The van der Waals surface area contributed by atoms with Crippen LogP contribution < -0.4 is 0 Å². The number of aromatic nitrogens is 3. The highest BCUT2D eigenvalue weighted by Gasteiger charge is 2.37. The summed E-state index contributed by atoms with van der Waals surface area (Å²) in [7, 11) is 1.58. The zero-order chi connectivity index (χ0) is 12.9. The SMILES string of the molecule is COCCCn1cnnc1S[C@H](C)C(F)(F)F. The standard InChI is InChI=1S/C9H14F3N3OS/c1-7(9(10,11)12)17-8-14-13-6-15(8)4-3-5-16-2/h6-7H,3-5H2,1-2H3/t7-/m1/s1. The molecule has 1 heterocycles. The fourth-order valence-electron chi connectivity index (χ4n) is 1.09. The molecule has 1 aromatic rings. The molecule has 0 bridgehead atoms. The molecule has 8 heteroatoms. The molecule has 0 amide bonds. The predicted octanol–water partition coefficient (Wildman–Crippen LogP) is 2.36. The number of methoxy groups -OCH3 is 1. The molecular weight excluding hydrogens is 255 g/mol. The number of aryl methyl sites for hydroxylation is 1. The van der Waals surface area contributed by atoms with Gasteiger partial charge >= 0.3 is 6.18 Å². The molecule has 0 aliphatic rings. The first-order chi connectivity index (χ1) is 7.95. The van der Waals surface area contributed by atoms with Crippen molar-refractivity contribution in [2.75, 3.05) is 13.7 Å². The lowest BCUT2D eigenvalue weighted by Crippen LogP contribution is -2.22. The number of thioether (sulfide) groups is 1. The van der Waals surface area contributed by atoms with Crippen molar-refractivity contribution in [2.24, 2.45) is 0 Å². The Morgan fingerprint density at radius 1 is 1.53 bits per heavy atom. The van der Waals surface area contributed by atoms with E-state index in [1.54, 1.807) is 11.7 Å². The number of hydrogen-bond donors (Lipinski definition) is 0. The summed E-state index contributed by atoms with van der Waals surface area (Å²) in [4.78, 5) is 0. The predicted molar refractivity (Wildman–Crippen MR) is 57.9 cm³/mol. The van der Waals surface area contributed by atoms with Crippen LogP contribution in [0.25, 0.3) is 0 Å². The summed E-state index contributed by atoms with van der Waals surface area (Å²) in [5.74, 6) is 0. The van der Waals surface area contributed by atoms with Crippen molar-refractivity contribution in [1.29, 1.82) is 0 Å². The molecule has 1 atom stereocenters. The van der Waals surface area contributed by atoms with Crippen LogP contribution in [0.15, 0.2) is 11.5 Å². The molecule has 0 aliphatic heterocycles. The zero-order valence-corrected chi connectivity index (χ0v) is 10.4. The van der Waals surface area contributed by atoms with Crippen LogP contribution in [0, 0.1) is 0 Å². The van der Waals surface area contributed by atoms with Crippen molar-refractivity contribution >= 4 is 11.8 Å². The molecule has 0 fully saturated rings. The Kier molecular flexibility index (Phi) is 5.26. The van der Waals surface area contributed by atoms with Crippen molar-refractivity contribution in [3.05, 3.63) is 6.33 Å². The minimum Gasteiger partial charge on any atom is -0.385 e. The summed E-state index contributed by atoms with van der Waals surface area (Å²) in [6.07, 6.45) is -2.09. The average molecular weight is 269 g/mol. The van der Waals surface area contributed by atoms with Crippen molar-refractivity contribution in [1.82, 2.24) is 14.8 Å². The van der Waals surface area contributed by atoms with Crippen LogP contribution in [-0.2, 0) is 11.3 Å². The van der Waals surface area contributed by atoms with Crippen LogP contribution in [0.4, 0.5) is 13.2 Å². The second kappa shape index (κ2) is 6.25. The highest BCUT2D eigenvalue weighted by Crippen LogP contribution is 2.33. The van der Waals surface area contributed by atoms with E-state index in [0.717, 1.165) is 6.92 Å². The van der Waals surface area contributed by atoms with Gasteiger partial charge in [-0.25, -0.2) is 0 Å². The van der Waals surface area contributed by atoms with Gasteiger partial charge in [-0.3, -0.25) is 0 Å². The highest BCUT2D eigenvalue weighted by atomic mass is 32.2. The monoisotopic (exact) mass is 269 g/mol. The van der Waals surface area contributed by atoms with E-state index in [4.69, 9.17) is 4.74 Å². The number of halogens is 3. The molecule has 98 valence electrons. The maximum Gasteiger partial charge on any atom is 0.400 e. The zero-order valence-electron chi connectivity index (χ0n) is 9.57. The molecule has 0 aromatic carbocycles. The van der Waals surface area contributed by atoms with E-state index in [0.29, 0.717) is 31.3 Å². The van der Waals surface area contributed by atoms with Gasteiger partial charge in [-0.15, -0.1) is 10.2 Å². The van der Waals surface area contributed by atoms with E-state index >= 15 is 0 Å². The van der Waals surface area contributed by atoms with Gasteiger partial charge < -0.3 is 9.30 Å². The number of alkyl halides is 3. The van der Waals surface area contributed by atoms with E-state index in [1.165, 1.54) is 6.33 Å². The normalized spacial score (nSPS) is 13.9. The van der Waals surface area contributed by atoms with Gasteiger partial charge in [0.15, 0.2) is 5.16 Å². The van der Waals surface area contributed by atoms with Crippen molar-refractivity contribution in [3.8, 4) is 0 Å². The minimum absolute atomic E-state index is 0.283. The molecule has 0 spiro atoms. The first-order valence-corrected chi connectivity index (χ1v) is 5.93. The molecular formula is C9H14F3N3OS. The Hall–Kier alpha value is -0.760. The first kappa shape index (κ1) is 14.3. The molecule has 1 rings (SSSR count). The van der Waals surface area contributed by atoms with Gasteiger partial charge in [-0.1, -0.05) is 11.8 Å². The second-order valence-electron chi connectivity index (χ2n) is 3.45. The molecule has 0 saturated heterocycles. The van der Waals surface area contributed by atoms with Gasteiger partial charge in [0.25, 0.3) is 0 Å². The Morgan fingerprint density at radius 2 is 2.24 bits per heavy atom. The largest absolute Gasteiger partial charge is 0.400 e. The number of nitrogens with zero attached hydrogens (tertiary/aromatic N) is 3. The topological polar surface area (TPSA) is 39.9 Å². The van der Waals surface area contributed by atoms with Crippen LogP contribution >= 0.6 is 11.8 Å². The maximum atomic E-state index is 12.4. The van der Waals surface area contributed by atoms with E-state index in [-0.39, 0.29) is 5.16 Å². The number of ether oxygens (including phenoxy) is 1. The fourth-order valence-corrected chi connectivity index (χ4v) is 1.91. The maximum absolute atomic E-state index is 12.4. The fraction of sp³-hybridized carbons (Fsp3) is 0.778. The third-order valence-electron chi connectivity index (χ3n) is 2.07. The molecule has 4 nitrogen and oxygen atoms in total. The van der Waals surface area contributed by atoms with Gasteiger partial charge in [0, 0.05) is 20.3 Å². The lowest BCUT2D eigenvalue weighted by atomic mass is 10.4. The van der Waals surface area contributed by atoms with Crippen LogP contribution in [0.3, 0.4) is 0 Å². The summed E-state index contributed by atoms with van der Waals surface area (Å²) in [6.45, 7) is 2.21. The van der Waals surface area contributed by atoms with Crippen molar-refractivity contribution in [3.63, 3.8) is 0 Å². The van der Waals surface area contributed by atoms with E-state index in [2.05, 4.69) is 10.2 Å². The summed E-state index contributed by atoms with van der Waals surface area (Å²) >= 11 is 0.665. The van der Waals surface area contributed by atoms with E-state index in [9.17, 15) is 13.2 Å².